The van der Waals surface area contributed by atoms with Gasteiger partial charge in [0.25, 0.3) is 5.91 Å². The van der Waals surface area contributed by atoms with Crippen molar-refractivity contribution in [2.24, 2.45) is 11.7 Å². The predicted octanol–water partition coefficient (Wildman–Crippen LogP) is 3.60. The fraction of sp³-hybridized carbons (Fsp3) is 0.417. The van der Waals surface area contributed by atoms with Gasteiger partial charge in [0, 0.05) is 25.6 Å². The van der Waals surface area contributed by atoms with E-state index < -0.39 is 6.09 Å². The van der Waals surface area contributed by atoms with Gasteiger partial charge in [-0.2, -0.15) is 0 Å². The number of primary amides is 1. The van der Waals surface area contributed by atoms with Crippen molar-refractivity contribution in [2.75, 3.05) is 39.0 Å². The zero-order valence-electron chi connectivity index (χ0n) is 18.8. The number of nitrogens with two attached hydrogens (primary N) is 2. The van der Waals surface area contributed by atoms with Crippen molar-refractivity contribution in [1.29, 1.82) is 0 Å². The molecule has 0 aromatic heterocycles. The highest BCUT2D eigenvalue weighted by molar-refractivity contribution is 6.33. The Labute approximate surface area is 199 Å². The van der Waals surface area contributed by atoms with Gasteiger partial charge in [-0.05, 0) is 43.5 Å². The molecule has 33 heavy (non-hydrogen) atoms. The van der Waals surface area contributed by atoms with Crippen LogP contribution < -0.4 is 21.5 Å². The van der Waals surface area contributed by atoms with Crippen molar-refractivity contribution in [1.82, 2.24) is 10.2 Å². The predicted molar refractivity (Wildman–Crippen MR) is 128 cm³/mol. The molecule has 2 amide bonds. The van der Waals surface area contributed by atoms with Crippen LogP contribution in [0.2, 0.25) is 5.02 Å². The second kappa shape index (κ2) is 11.8. The molecule has 178 valence electrons. The van der Waals surface area contributed by atoms with Crippen LogP contribution in [0.4, 0.5) is 10.5 Å². The van der Waals surface area contributed by atoms with Gasteiger partial charge < -0.3 is 31.2 Å². The van der Waals surface area contributed by atoms with Crippen molar-refractivity contribution in [3.05, 3.63) is 58.6 Å². The molecule has 1 unspecified atom stereocenters. The summed E-state index contributed by atoms with van der Waals surface area (Å²) in [6.07, 6.45) is 1.48. The molecule has 0 radical (unpaired) electrons. The number of carbonyl (C=O) groups excluding carboxylic acids is 2. The lowest BCUT2D eigenvalue weighted by Gasteiger charge is -2.32. The van der Waals surface area contributed by atoms with Gasteiger partial charge in [0.2, 0.25) is 0 Å². The van der Waals surface area contributed by atoms with E-state index in [-0.39, 0.29) is 12.0 Å². The van der Waals surface area contributed by atoms with Gasteiger partial charge in [0.15, 0.2) is 0 Å². The Balaban J connectivity index is 1.46. The number of carbonyl (C=O) groups is 2. The summed E-state index contributed by atoms with van der Waals surface area (Å²) in [7, 11) is 1.49. The molecule has 0 spiro atoms. The van der Waals surface area contributed by atoms with E-state index in [0.717, 1.165) is 38.0 Å². The molecule has 2 aromatic rings. The van der Waals surface area contributed by atoms with Crippen molar-refractivity contribution in [2.45, 2.75) is 25.4 Å². The smallest absolute Gasteiger partial charge is 0.405 e. The summed E-state index contributed by atoms with van der Waals surface area (Å²) in [5, 5.41) is 3.31. The van der Waals surface area contributed by atoms with Gasteiger partial charge >= 0.3 is 6.09 Å². The first-order chi connectivity index (χ1) is 15.9. The summed E-state index contributed by atoms with van der Waals surface area (Å²) >= 11 is 6.07. The summed E-state index contributed by atoms with van der Waals surface area (Å²) in [6.45, 7) is 3.20. The van der Waals surface area contributed by atoms with Gasteiger partial charge in [-0.3, -0.25) is 4.79 Å². The number of rotatable bonds is 9. The van der Waals surface area contributed by atoms with Gasteiger partial charge in [0.1, 0.15) is 11.9 Å². The Hall–Kier alpha value is -2.97. The molecule has 1 atom stereocenters. The maximum Gasteiger partial charge on any atom is 0.405 e. The SMILES string of the molecule is COc1cc(N)c(Cl)cc1C(=O)NCC1CCN(CCC(OC(N)=O)c2ccccc2)CC1. The Morgan fingerprint density at radius 3 is 2.55 bits per heavy atom. The van der Waals surface area contributed by atoms with Gasteiger partial charge in [0.05, 0.1) is 23.4 Å². The molecule has 0 aliphatic carbocycles. The number of hydrogen-bond acceptors (Lipinski definition) is 6. The second-order valence-corrected chi connectivity index (χ2v) is 8.60. The van der Waals surface area contributed by atoms with E-state index in [1.165, 1.54) is 13.2 Å². The lowest BCUT2D eigenvalue weighted by atomic mass is 9.96. The molecule has 1 fully saturated rings. The third kappa shape index (κ3) is 7.00. The normalized spacial score (nSPS) is 15.6. The third-order valence-corrected chi connectivity index (χ3v) is 6.29. The van der Waals surface area contributed by atoms with Gasteiger partial charge in [-0.25, -0.2) is 4.79 Å². The standard InChI is InChI=1S/C24H31ClN4O4/c1-32-22-14-20(26)19(25)13-18(22)23(30)28-15-16-7-10-29(11-8-16)12-9-21(33-24(27)31)17-5-3-2-4-6-17/h2-6,13-14,16,21H,7-12,15,26H2,1H3,(H2,27,31)(H,28,30). The number of benzene rings is 2. The Kier molecular flexibility index (Phi) is 8.79. The van der Waals surface area contributed by atoms with Crippen LogP contribution in [0.1, 0.15) is 41.3 Å². The summed E-state index contributed by atoms with van der Waals surface area (Å²) in [5.41, 5.74) is 12.7. The molecule has 1 aliphatic rings. The highest BCUT2D eigenvalue weighted by atomic mass is 35.5. The molecule has 2 aromatic carbocycles. The van der Waals surface area contributed by atoms with E-state index in [0.29, 0.717) is 40.9 Å². The van der Waals surface area contributed by atoms with Crippen LogP contribution in [-0.2, 0) is 4.74 Å². The molecule has 0 saturated carbocycles. The van der Waals surface area contributed by atoms with E-state index in [9.17, 15) is 9.59 Å². The number of anilines is 1. The first-order valence-electron chi connectivity index (χ1n) is 11.0. The van der Waals surface area contributed by atoms with Crippen LogP contribution >= 0.6 is 11.6 Å². The van der Waals surface area contributed by atoms with Crippen LogP contribution in [0.25, 0.3) is 0 Å². The lowest BCUT2D eigenvalue weighted by molar-refractivity contribution is 0.0841. The summed E-state index contributed by atoms with van der Waals surface area (Å²) in [5.74, 6) is 0.549. The van der Waals surface area contributed by atoms with Crippen LogP contribution in [0.15, 0.2) is 42.5 Å². The number of hydrogen-bond donors (Lipinski definition) is 3. The molecule has 0 bridgehead atoms. The largest absolute Gasteiger partial charge is 0.496 e. The van der Waals surface area contributed by atoms with E-state index in [1.54, 1.807) is 6.07 Å². The summed E-state index contributed by atoms with van der Waals surface area (Å²) < 4.78 is 10.6. The molecule has 1 saturated heterocycles. The summed E-state index contributed by atoms with van der Waals surface area (Å²) in [4.78, 5) is 26.3. The van der Waals surface area contributed by atoms with E-state index >= 15 is 0 Å². The molecular formula is C24H31ClN4O4. The van der Waals surface area contributed by atoms with Crippen LogP contribution in [0.3, 0.4) is 0 Å². The number of halogens is 1. The minimum atomic E-state index is -0.766. The average molecular weight is 475 g/mol. The Morgan fingerprint density at radius 1 is 1.21 bits per heavy atom. The minimum absolute atomic E-state index is 0.231. The zero-order chi connectivity index (χ0) is 23.8. The Morgan fingerprint density at radius 2 is 1.91 bits per heavy atom. The fourth-order valence-electron chi connectivity index (χ4n) is 4.06. The maximum absolute atomic E-state index is 12.6. The van der Waals surface area contributed by atoms with Crippen molar-refractivity contribution in [3.63, 3.8) is 0 Å². The van der Waals surface area contributed by atoms with Gasteiger partial charge in [-0.15, -0.1) is 0 Å². The number of nitrogens with one attached hydrogen (secondary N) is 1. The van der Waals surface area contributed by atoms with Gasteiger partial charge in [-0.1, -0.05) is 41.9 Å². The molecule has 3 rings (SSSR count). The van der Waals surface area contributed by atoms with Crippen LogP contribution in [0.5, 0.6) is 5.75 Å². The number of likely N-dealkylation sites (tertiary alicyclic amines) is 1. The number of nitrogens with zero attached hydrogens (tertiary/aromatic N) is 1. The van der Waals surface area contributed by atoms with Crippen molar-refractivity contribution < 1.29 is 19.1 Å². The third-order valence-electron chi connectivity index (χ3n) is 5.96. The quantitative estimate of drug-likeness (QED) is 0.477. The minimum Gasteiger partial charge on any atom is -0.496 e. The van der Waals surface area contributed by atoms with E-state index in [2.05, 4.69) is 10.2 Å². The maximum atomic E-state index is 12.6. The molecule has 1 heterocycles. The van der Waals surface area contributed by atoms with E-state index in [1.807, 2.05) is 30.3 Å². The van der Waals surface area contributed by atoms with E-state index in [4.69, 9.17) is 32.5 Å². The number of methoxy groups -OCH3 is 1. The first-order valence-corrected chi connectivity index (χ1v) is 11.4. The lowest BCUT2D eigenvalue weighted by Crippen LogP contribution is -2.39. The molecule has 1 aliphatic heterocycles. The number of ether oxygens (including phenoxy) is 2. The van der Waals surface area contributed by atoms with Crippen LogP contribution in [-0.4, -0.2) is 50.2 Å². The molecule has 9 heteroatoms. The highest BCUT2D eigenvalue weighted by Gasteiger charge is 2.23. The molecular weight excluding hydrogens is 444 g/mol. The molecule has 5 N–H and O–H groups in total. The number of nitrogen functional groups attached to an aromatic ring is 1. The monoisotopic (exact) mass is 474 g/mol. The van der Waals surface area contributed by atoms with Crippen molar-refractivity contribution in [3.8, 4) is 5.75 Å². The number of piperidine rings is 1. The average Bonchev–Trinajstić information content (AvgIpc) is 2.82. The van der Waals surface area contributed by atoms with Crippen molar-refractivity contribution >= 4 is 29.3 Å². The molecule has 8 nitrogen and oxygen atoms in total. The Bertz CT molecular complexity index is 949. The topological polar surface area (TPSA) is 120 Å². The summed E-state index contributed by atoms with van der Waals surface area (Å²) in [6, 6.07) is 12.7. The zero-order valence-corrected chi connectivity index (χ0v) is 19.5. The van der Waals surface area contributed by atoms with Crippen LogP contribution in [0, 0.1) is 5.92 Å². The first kappa shape index (κ1) is 24.7. The highest BCUT2D eigenvalue weighted by Crippen LogP contribution is 2.29. The second-order valence-electron chi connectivity index (χ2n) is 8.19. The number of amides is 2. The fourth-order valence-corrected chi connectivity index (χ4v) is 4.23.